The Bertz CT molecular complexity index is 870. The summed E-state index contributed by atoms with van der Waals surface area (Å²) < 4.78 is 34.2. The molecule has 1 heterocycles. The Morgan fingerprint density at radius 2 is 1.84 bits per heavy atom. The van der Waals surface area contributed by atoms with E-state index < -0.39 is 6.61 Å². The van der Waals surface area contributed by atoms with Crippen LogP contribution in [0.25, 0.3) is 6.08 Å². The Balaban J connectivity index is 1.40. The zero-order chi connectivity index (χ0) is 22.1. The highest BCUT2D eigenvalue weighted by molar-refractivity contribution is 5.91. The fourth-order valence-electron chi connectivity index (χ4n) is 3.42. The van der Waals surface area contributed by atoms with E-state index >= 15 is 0 Å². The summed E-state index contributed by atoms with van der Waals surface area (Å²) in [5.74, 6) is -0.0845. The van der Waals surface area contributed by atoms with Crippen molar-refractivity contribution in [3.63, 3.8) is 0 Å². The molecule has 1 aliphatic rings. The number of anilines is 1. The number of amides is 1. The lowest BCUT2D eigenvalue weighted by molar-refractivity contribution is -0.116. The molecule has 0 atom stereocenters. The summed E-state index contributed by atoms with van der Waals surface area (Å²) in [6, 6.07) is 14.9. The first-order valence-corrected chi connectivity index (χ1v) is 10.2. The van der Waals surface area contributed by atoms with Gasteiger partial charge in [0.05, 0.1) is 7.11 Å². The molecule has 1 N–H and O–H groups in total. The molecule has 0 radical (unpaired) electrons. The second-order valence-electron chi connectivity index (χ2n) is 7.08. The SMILES string of the molecule is COc1cc(/C=C/C(=O)NCCN2CCN(c3ccccc3)CC2)ccc1OC(F)F. The van der Waals surface area contributed by atoms with Crippen molar-refractivity contribution in [2.45, 2.75) is 6.61 Å². The summed E-state index contributed by atoms with van der Waals surface area (Å²) in [7, 11) is 1.37. The highest BCUT2D eigenvalue weighted by Crippen LogP contribution is 2.29. The maximum Gasteiger partial charge on any atom is 0.387 e. The summed E-state index contributed by atoms with van der Waals surface area (Å²) >= 11 is 0. The first-order valence-electron chi connectivity index (χ1n) is 10.2. The van der Waals surface area contributed by atoms with Gasteiger partial charge in [-0.15, -0.1) is 0 Å². The van der Waals surface area contributed by atoms with E-state index in [0.717, 1.165) is 32.7 Å². The number of nitrogens with zero attached hydrogens (tertiary/aromatic N) is 2. The summed E-state index contributed by atoms with van der Waals surface area (Å²) in [5.41, 5.74) is 1.89. The van der Waals surface area contributed by atoms with Crippen molar-refractivity contribution in [3.05, 3.63) is 60.2 Å². The molecule has 8 heteroatoms. The Labute approximate surface area is 181 Å². The number of halogens is 2. The molecule has 6 nitrogen and oxygen atoms in total. The van der Waals surface area contributed by atoms with Crippen molar-refractivity contribution in [2.24, 2.45) is 0 Å². The van der Waals surface area contributed by atoms with Crippen LogP contribution in [0.1, 0.15) is 5.56 Å². The van der Waals surface area contributed by atoms with Gasteiger partial charge in [-0.25, -0.2) is 0 Å². The van der Waals surface area contributed by atoms with Gasteiger partial charge in [0.1, 0.15) is 0 Å². The van der Waals surface area contributed by atoms with Gasteiger partial charge < -0.3 is 19.7 Å². The van der Waals surface area contributed by atoms with Crippen molar-refractivity contribution in [1.29, 1.82) is 0 Å². The van der Waals surface area contributed by atoms with Gasteiger partial charge in [0.25, 0.3) is 0 Å². The molecule has 3 rings (SSSR count). The lowest BCUT2D eigenvalue weighted by Crippen LogP contribution is -2.48. The molecule has 0 bridgehead atoms. The second-order valence-corrected chi connectivity index (χ2v) is 7.08. The smallest absolute Gasteiger partial charge is 0.387 e. The Morgan fingerprint density at radius 1 is 1.10 bits per heavy atom. The molecule has 31 heavy (non-hydrogen) atoms. The molecule has 0 aromatic heterocycles. The quantitative estimate of drug-likeness (QED) is 0.618. The first kappa shape index (κ1) is 22.6. The minimum absolute atomic E-state index is 0.0496. The Hall–Kier alpha value is -3.13. The van der Waals surface area contributed by atoms with Crippen LogP contribution in [0.4, 0.5) is 14.5 Å². The zero-order valence-electron chi connectivity index (χ0n) is 17.5. The predicted molar refractivity (Wildman–Crippen MR) is 117 cm³/mol. The molecule has 0 saturated carbocycles. The van der Waals surface area contributed by atoms with Crippen molar-refractivity contribution >= 4 is 17.7 Å². The van der Waals surface area contributed by atoms with Crippen molar-refractivity contribution in [2.75, 3.05) is 51.3 Å². The van der Waals surface area contributed by atoms with Gasteiger partial charge in [0.2, 0.25) is 5.91 Å². The molecule has 1 aliphatic heterocycles. The molecule has 2 aromatic carbocycles. The summed E-state index contributed by atoms with van der Waals surface area (Å²) in [6.45, 7) is 2.24. The molecule has 1 saturated heterocycles. The van der Waals surface area contributed by atoms with Crippen molar-refractivity contribution in [3.8, 4) is 11.5 Å². The predicted octanol–water partition coefficient (Wildman–Crippen LogP) is 3.25. The maximum absolute atomic E-state index is 12.4. The zero-order valence-corrected chi connectivity index (χ0v) is 17.5. The number of carbonyl (C=O) groups is 1. The molecule has 2 aromatic rings. The monoisotopic (exact) mass is 431 g/mol. The van der Waals surface area contributed by atoms with Crippen LogP contribution in [0.5, 0.6) is 11.5 Å². The number of hydrogen-bond acceptors (Lipinski definition) is 5. The highest BCUT2D eigenvalue weighted by Gasteiger charge is 2.16. The van der Waals surface area contributed by atoms with Crippen LogP contribution in [0, 0.1) is 0 Å². The topological polar surface area (TPSA) is 54.0 Å². The summed E-state index contributed by atoms with van der Waals surface area (Å²) in [4.78, 5) is 16.8. The van der Waals surface area contributed by atoms with Crippen LogP contribution in [0.2, 0.25) is 0 Å². The minimum Gasteiger partial charge on any atom is -0.493 e. The third-order valence-corrected chi connectivity index (χ3v) is 5.05. The number of benzene rings is 2. The number of ether oxygens (including phenoxy) is 2. The van der Waals surface area contributed by atoms with Crippen molar-refractivity contribution < 1.29 is 23.0 Å². The number of hydrogen-bond donors (Lipinski definition) is 1. The second kappa shape index (κ2) is 11.3. The standard InChI is InChI=1S/C23H27F2N3O3/c1-30-21-17-18(7-9-20(21)31-23(24)25)8-10-22(29)26-11-12-27-13-15-28(16-14-27)19-5-3-2-4-6-19/h2-10,17,23H,11-16H2,1H3,(H,26,29)/b10-8+. The van der Waals surface area contributed by atoms with Crippen LogP contribution in [0.15, 0.2) is 54.6 Å². The number of carbonyl (C=O) groups excluding carboxylic acids is 1. The van der Waals surface area contributed by atoms with Gasteiger partial charge in [-0.3, -0.25) is 9.69 Å². The van der Waals surface area contributed by atoms with E-state index in [0.29, 0.717) is 12.1 Å². The molecular weight excluding hydrogens is 404 g/mol. The number of methoxy groups -OCH3 is 1. The minimum atomic E-state index is -2.93. The van der Waals surface area contributed by atoms with Gasteiger partial charge >= 0.3 is 6.61 Å². The fourth-order valence-corrected chi connectivity index (χ4v) is 3.42. The van der Waals surface area contributed by atoms with E-state index in [1.165, 1.54) is 31.0 Å². The number of alkyl halides is 2. The normalized spacial score (nSPS) is 14.8. The molecule has 1 fully saturated rings. The number of para-hydroxylation sites is 1. The lowest BCUT2D eigenvalue weighted by Gasteiger charge is -2.36. The third kappa shape index (κ3) is 6.96. The first-order chi connectivity index (χ1) is 15.0. The number of rotatable bonds is 9. The van der Waals surface area contributed by atoms with Crippen LogP contribution in [0.3, 0.4) is 0 Å². The highest BCUT2D eigenvalue weighted by atomic mass is 19.3. The van der Waals surface area contributed by atoms with Crippen LogP contribution >= 0.6 is 0 Å². The molecule has 166 valence electrons. The third-order valence-electron chi connectivity index (χ3n) is 5.05. The van der Waals surface area contributed by atoms with Crippen molar-refractivity contribution in [1.82, 2.24) is 10.2 Å². The van der Waals surface area contributed by atoms with E-state index in [9.17, 15) is 13.6 Å². The van der Waals surface area contributed by atoms with E-state index in [1.54, 1.807) is 12.1 Å². The largest absolute Gasteiger partial charge is 0.493 e. The molecule has 0 unspecified atom stereocenters. The van der Waals surface area contributed by atoms with Crippen LogP contribution in [-0.2, 0) is 4.79 Å². The fraction of sp³-hybridized carbons (Fsp3) is 0.348. The molecule has 0 spiro atoms. The van der Waals surface area contributed by atoms with Gasteiger partial charge in [0.15, 0.2) is 11.5 Å². The molecule has 0 aliphatic carbocycles. The van der Waals surface area contributed by atoms with Gasteiger partial charge in [-0.05, 0) is 35.9 Å². The average molecular weight is 431 g/mol. The summed E-state index contributed by atoms with van der Waals surface area (Å²) in [5, 5.41) is 2.87. The van der Waals surface area contributed by atoms with E-state index in [4.69, 9.17) is 4.74 Å². The van der Waals surface area contributed by atoms with Gasteiger partial charge in [-0.1, -0.05) is 24.3 Å². The number of nitrogens with one attached hydrogen (secondary N) is 1. The van der Waals surface area contributed by atoms with E-state index in [1.807, 2.05) is 18.2 Å². The van der Waals surface area contributed by atoms with Gasteiger partial charge in [-0.2, -0.15) is 8.78 Å². The van der Waals surface area contributed by atoms with E-state index in [-0.39, 0.29) is 17.4 Å². The number of piperazine rings is 1. The summed E-state index contributed by atoms with van der Waals surface area (Å²) in [6.07, 6.45) is 3.01. The molecular formula is C23H27F2N3O3. The molecule has 1 amide bonds. The Kier molecular flexibility index (Phi) is 8.23. The van der Waals surface area contributed by atoms with Crippen LogP contribution in [-0.4, -0.2) is 63.8 Å². The van der Waals surface area contributed by atoms with Gasteiger partial charge in [0, 0.05) is 51.0 Å². The van der Waals surface area contributed by atoms with Crippen LogP contribution < -0.4 is 19.7 Å². The average Bonchev–Trinajstić information content (AvgIpc) is 2.79. The Morgan fingerprint density at radius 3 is 2.52 bits per heavy atom. The maximum atomic E-state index is 12.4. The van der Waals surface area contributed by atoms with E-state index in [2.05, 4.69) is 32.0 Å². The lowest BCUT2D eigenvalue weighted by atomic mass is 10.2.